The second-order valence-electron chi connectivity index (χ2n) is 5.64. The molecule has 3 rings (SSSR count). The van der Waals surface area contributed by atoms with E-state index in [-0.39, 0.29) is 5.91 Å². The average molecular weight is 287 g/mol. The van der Waals surface area contributed by atoms with Gasteiger partial charge in [-0.15, -0.1) is 0 Å². The highest BCUT2D eigenvalue weighted by Gasteiger charge is 2.27. The summed E-state index contributed by atoms with van der Waals surface area (Å²) < 4.78 is 1.79. The smallest absolute Gasteiger partial charge is 0.257 e. The van der Waals surface area contributed by atoms with Crippen molar-refractivity contribution in [2.45, 2.75) is 39.2 Å². The fourth-order valence-electron chi connectivity index (χ4n) is 3.00. The van der Waals surface area contributed by atoms with Gasteiger partial charge in [0.15, 0.2) is 0 Å². The Balaban J connectivity index is 1.73. The first-order valence-corrected chi connectivity index (χ1v) is 7.50. The fraction of sp³-hybridized carbons (Fsp3) is 0.533. The van der Waals surface area contributed by atoms with Crippen LogP contribution in [0.3, 0.4) is 0 Å². The zero-order valence-corrected chi connectivity index (χ0v) is 12.5. The van der Waals surface area contributed by atoms with Crippen molar-refractivity contribution < 1.29 is 4.79 Å². The molecule has 112 valence electrons. The van der Waals surface area contributed by atoms with Crippen LogP contribution in [0.4, 0.5) is 0 Å². The minimum Gasteiger partial charge on any atom is -0.338 e. The zero-order valence-electron chi connectivity index (χ0n) is 12.5. The third-order valence-electron chi connectivity index (χ3n) is 4.19. The van der Waals surface area contributed by atoms with Crippen LogP contribution < -0.4 is 0 Å². The molecule has 0 unspecified atom stereocenters. The Kier molecular flexibility index (Phi) is 3.77. The highest BCUT2D eigenvalue weighted by atomic mass is 16.2. The number of carbonyl (C=O) groups excluding carboxylic acids is 1. The third-order valence-corrected chi connectivity index (χ3v) is 4.19. The second kappa shape index (κ2) is 5.71. The molecule has 21 heavy (non-hydrogen) atoms. The van der Waals surface area contributed by atoms with E-state index in [1.807, 2.05) is 24.2 Å². The van der Waals surface area contributed by atoms with Crippen molar-refractivity contribution in [2.75, 3.05) is 13.1 Å². The molecule has 0 saturated carbocycles. The summed E-state index contributed by atoms with van der Waals surface area (Å²) in [6.07, 6.45) is 7.46. The van der Waals surface area contributed by atoms with Gasteiger partial charge in [-0.1, -0.05) is 0 Å². The highest BCUT2D eigenvalue weighted by molar-refractivity contribution is 5.93. The number of aromatic nitrogens is 4. The number of rotatable bonds is 3. The molecule has 1 atom stereocenters. The van der Waals surface area contributed by atoms with Crippen LogP contribution in [-0.2, 0) is 6.54 Å². The third kappa shape index (κ3) is 2.70. The molecule has 0 aliphatic carbocycles. The van der Waals surface area contributed by atoms with Gasteiger partial charge in [-0.05, 0) is 32.3 Å². The van der Waals surface area contributed by atoms with Crippen LogP contribution in [0.25, 0.3) is 0 Å². The van der Waals surface area contributed by atoms with Crippen molar-refractivity contribution in [1.82, 2.24) is 24.9 Å². The second-order valence-corrected chi connectivity index (χ2v) is 5.64. The van der Waals surface area contributed by atoms with E-state index in [0.29, 0.717) is 11.5 Å². The van der Waals surface area contributed by atoms with E-state index in [2.05, 4.69) is 22.2 Å². The summed E-state index contributed by atoms with van der Waals surface area (Å²) in [6, 6.07) is 0. The van der Waals surface area contributed by atoms with Gasteiger partial charge in [0.2, 0.25) is 0 Å². The summed E-state index contributed by atoms with van der Waals surface area (Å²) in [5.74, 6) is 0.433. The molecule has 1 amide bonds. The Morgan fingerprint density at radius 1 is 1.48 bits per heavy atom. The van der Waals surface area contributed by atoms with Gasteiger partial charge in [0.05, 0.1) is 18.0 Å². The van der Waals surface area contributed by atoms with Crippen molar-refractivity contribution in [3.05, 3.63) is 35.4 Å². The van der Waals surface area contributed by atoms with Gasteiger partial charge in [-0.2, -0.15) is 10.2 Å². The highest BCUT2D eigenvalue weighted by Crippen LogP contribution is 2.28. The maximum atomic E-state index is 12.6. The van der Waals surface area contributed by atoms with Gasteiger partial charge in [0, 0.05) is 37.4 Å². The van der Waals surface area contributed by atoms with Crippen LogP contribution in [0.15, 0.2) is 18.6 Å². The first kappa shape index (κ1) is 13.9. The summed E-state index contributed by atoms with van der Waals surface area (Å²) in [4.78, 5) is 14.5. The van der Waals surface area contributed by atoms with E-state index in [9.17, 15) is 4.79 Å². The topological polar surface area (TPSA) is 66.8 Å². The molecule has 1 N–H and O–H groups in total. The SMILES string of the molecule is CCn1cc(C(=O)N2CCC[C@@H](c3[nH]ncc3C)C2)cn1. The van der Waals surface area contributed by atoms with Gasteiger partial charge in [0.25, 0.3) is 5.91 Å². The van der Waals surface area contributed by atoms with Crippen molar-refractivity contribution in [3.8, 4) is 0 Å². The minimum absolute atomic E-state index is 0.0802. The standard InChI is InChI=1S/C15H21N5O/c1-3-20-10-13(8-17-20)15(21)19-6-4-5-12(9-19)14-11(2)7-16-18-14/h7-8,10,12H,3-6,9H2,1-2H3,(H,16,18)/t12-/m1/s1. The molecule has 0 bridgehead atoms. The van der Waals surface area contributed by atoms with Crippen LogP contribution in [0.2, 0.25) is 0 Å². The van der Waals surface area contributed by atoms with Crippen molar-refractivity contribution in [3.63, 3.8) is 0 Å². The summed E-state index contributed by atoms with van der Waals surface area (Å²) >= 11 is 0. The lowest BCUT2D eigenvalue weighted by atomic mass is 9.92. The normalized spacial score (nSPS) is 19.0. The molecule has 2 aromatic rings. The molecule has 0 aromatic carbocycles. The molecule has 1 aliphatic heterocycles. The number of likely N-dealkylation sites (tertiary alicyclic amines) is 1. The lowest BCUT2D eigenvalue weighted by molar-refractivity contribution is 0.0705. The van der Waals surface area contributed by atoms with Gasteiger partial charge in [-0.25, -0.2) is 0 Å². The number of hydrogen-bond donors (Lipinski definition) is 1. The molecule has 1 saturated heterocycles. The molecule has 1 fully saturated rings. The van der Waals surface area contributed by atoms with Crippen LogP contribution in [0.1, 0.15) is 47.3 Å². The number of nitrogens with zero attached hydrogens (tertiary/aromatic N) is 4. The van der Waals surface area contributed by atoms with Crippen LogP contribution in [0, 0.1) is 6.92 Å². The monoisotopic (exact) mass is 287 g/mol. The molecule has 0 spiro atoms. The minimum atomic E-state index is 0.0802. The zero-order chi connectivity index (χ0) is 14.8. The Morgan fingerprint density at radius 3 is 3.00 bits per heavy atom. The molecule has 6 heteroatoms. The fourth-order valence-corrected chi connectivity index (χ4v) is 3.00. The number of nitrogens with one attached hydrogen (secondary N) is 1. The molecule has 6 nitrogen and oxygen atoms in total. The number of amides is 1. The Morgan fingerprint density at radius 2 is 2.33 bits per heavy atom. The van der Waals surface area contributed by atoms with Crippen molar-refractivity contribution >= 4 is 5.91 Å². The first-order chi connectivity index (χ1) is 10.2. The molecular formula is C15H21N5O. The van der Waals surface area contributed by atoms with E-state index in [0.717, 1.165) is 38.2 Å². The van der Waals surface area contributed by atoms with E-state index >= 15 is 0 Å². The summed E-state index contributed by atoms with van der Waals surface area (Å²) in [7, 11) is 0. The first-order valence-electron chi connectivity index (χ1n) is 7.50. The maximum absolute atomic E-state index is 12.6. The van der Waals surface area contributed by atoms with Gasteiger partial charge in [0.1, 0.15) is 0 Å². The quantitative estimate of drug-likeness (QED) is 0.938. The summed E-state index contributed by atoms with van der Waals surface area (Å²) in [5.41, 5.74) is 3.02. The van der Waals surface area contributed by atoms with E-state index in [1.165, 1.54) is 5.56 Å². The van der Waals surface area contributed by atoms with E-state index in [4.69, 9.17) is 0 Å². The van der Waals surface area contributed by atoms with E-state index in [1.54, 1.807) is 10.9 Å². The lowest BCUT2D eigenvalue weighted by Gasteiger charge is -2.32. The Hall–Kier alpha value is -2.11. The number of aromatic amines is 1. The largest absolute Gasteiger partial charge is 0.338 e. The Labute approximate surface area is 124 Å². The molecule has 0 radical (unpaired) electrons. The number of aryl methyl sites for hydroxylation is 2. The number of carbonyl (C=O) groups is 1. The Bertz CT molecular complexity index is 630. The lowest BCUT2D eigenvalue weighted by Crippen LogP contribution is -2.39. The van der Waals surface area contributed by atoms with Crippen molar-refractivity contribution in [2.24, 2.45) is 0 Å². The maximum Gasteiger partial charge on any atom is 0.257 e. The molecule has 3 heterocycles. The predicted octanol–water partition coefficient (Wildman–Crippen LogP) is 1.95. The molecular weight excluding hydrogens is 266 g/mol. The van der Waals surface area contributed by atoms with Gasteiger partial charge >= 0.3 is 0 Å². The summed E-state index contributed by atoms with van der Waals surface area (Å²) in [5, 5.41) is 11.4. The predicted molar refractivity (Wildman–Crippen MR) is 79.1 cm³/mol. The van der Waals surface area contributed by atoms with Gasteiger partial charge in [-0.3, -0.25) is 14.6 Å². The summed E-state index contributed by atoms with van der Waals surface area (Å²) in [6.45, 7) is 6.42. The van der Waals surface area contributed by atoms with Crippen molar-refractivity contribution in [1.29, 1.82) is 0 Å². The van der Waals surface area contributed by atoms with E-state index < -0.39 is 0 Å². The number of piperidine rings is 1. The molecule has 1 aliphatic rings. The van der Waals surface area contributed by atoms with Crippen LogP contribution >= 0.6 is 0 Å². The van der Waals surface area contributed by atoms with Gasteiger partial charge < -0.3 is 4.90 Å². The molecule has 2 aromatic heterocycles. The van der Waals surface area contributed by atoms with Crippen LogP contribution in [-0.4, -0.2) is 43.9 Å². The average Bonchev–Trinajstić information content (AvgIpc) is 3.15. The number of hydrogen-bond acceptors (Lipinski definition) is 3. The number of H-pyrrole nitrogens is 1. The van der Waals surface area contributed by atoms with Crippen LogP contribution in [0.5, 0.6) is 0 Å².